The van der Waals surface area contributed by atoms with Crippen LogP contribution >= 0.6 is 15.9 Å². The molecule has 31 heavy (non-hydrogen) atoms. The fourth-order valence-electron chi connectivity index (χ4n) is 4.61. The number of nitrogens with zero attached hydrogens (tertiary/aromatic N) is 1. The number of hydrogen-bond acceptors (Lipinski definition) is 4. The first-order chi connectivity index (χ1) is 14.5. The monoisotopic (exact) mass is 525 g/mol. The highest BCUT2D eigenvalue weighted by Crippen LogP contribution is 2.41. The second kappa shape index (κ2) is 9.36. The molecule has 11 heteroatoms. The van der Waals surface area contributed by atoms with Crippen molar-refractivity contribution in [2.75, 3.05) is 20.1 Å². The van der Waals surface area contributed by atoms with Crippen molar-refractivity contribution in [1.29, 1.82) is 0 Å². The Balaban J connectivity index is 1.75. The topological polar surface area (TPSA) is 78.5 Å². The van der Waals surface area contributed by atoms with Crippen LogP contribution in [0.25, 0.3) is 0 Å². The molecule has 3 rings (SSSR count). The molecule has 6 nitrogen and oxygen atoms in total. The zero-order chi connectivity index (χ0) is 23.0. The molecule has 1 saturated carbocycles. The van der Waals surface area contributed by atoms with Gasteiger partial charge < -0.3 is 10.6 Å². The molecule has 1 aliphatic heterocycles. The number of sulfonamides is 1. The van der Waals surface area contributed by atoms with E-state index in [1.54, 1.807) is 7.05 Å². The Bertz CT molecular complexity index is 926. The van der Waals surface area contributed by atoms with Crippen molar-refractivity contribution < 1.29 is 26.4 Å². The Hall–Kier alpha value is -1.17. The summed E-state index contributed by atoms with van der Waals surface area (Å²) in [4.78, 5) is 12.2. The van der Waals surface area contributed by atoms with Crippen LogP contribution < -0.4 is 10.6 Å². The summed E-state index contributed by atoms with van der Waals surface area (Å²) in [7, 11) is -2.34. The van der Waals surface area contributed by atoms with Crippen LogP contribution in [0.4, 0.5) is 13.2 Å². The van der Waals surface area contributed by atoms with E-state index < -0.39 is 21.8 Å². The van der Waals surface area contributed by atoms with Crippen LogP contribution in [0.5, 0.6) is 0 Å². The molecule has 0 spiro atoms. The Morgan fingerprint density at radius 1 is 1.29 bits per heavy atom. The van der Waals surface area contributed by atoms with Crippen molar-refractivity contribution in [3.8, 4) is 0 Å². The maximum absolute atomic E-state index is 13.2. The average Bonchev–Trinajstić information content (AvgIpc) is 3.27. The summed E-state index contributed by atoms with van der Waals surface area (Å²) in [6.45, 7) is 2.43. The first kappa shape index (κ1) is 24.5. The minimum Gasteiger partial charge on any atom is -0.352 e. The van der Waals surface area contributed by atoms with Crippen molar-refractivity contribution >= 4 is 31.9 Å². The standard InChI is InChI=1S/C20H27BrF3N3O3S/c1-3-4-18(25-2)19(28)26-17-8-5-12-10-27(11-14(12)17)31(29,30)13-6-7-16(21)15(9-13)20(22,23)24/h6-7,9,12,14,17-18,25H,3-5,8,10-11H2,1-2H3,(H,26,28)/t12-,14+,17+,18+/m1/s1. The molecule has 0 radical (unpaired) electrons. The van der Waals surface area contributed by atoms with Gasteiger partial charge in [-0.15, -0.1) is 0 Å². The SMILES string of the molecule is CCC[C@H](NC)C(=O)N[C@H]1CC[C@@H]2CN(S(=O)(=O)c3ccc(Br)c(C(F)(F)F)c3)C[C@@H]21. The largest absolute Gasteiger partial charge is 0.417 e. The molecule has 174 valence electrons. The van der Waals surface area contributed by atoms with E-state index in [0.717, 1.165) is 25.3 Å². The maximum Gasteiger partial charge on any atom is 0.417 e. The van der Waals surface area contributed by atoms with Crippen molar-refractivity contribution in [1.82, 2.24) is 14.9 Å². The summed E-state index contributed by atoms with van der Waals surface area (Å²) in [5.74, 6) is -0.0637. The lowest BCUT2D eigenvalue weighted by atomic mass is 9.97. The van der Waals surface area contributed by atoms with Gasteiger partial charge in [-0.2, -0.15) is 17.5 Å². The molecule has 1 amide bonds. The Labute approximate surface area is 189 Å². The third kappa shape index (κ3) is 5.09. The highest BCUT2D eigenvalue weighted by atomic mass is 79.9. The number of benzene rings is 1. The van der Waals surface area contributed by atoms with Crippen LogP contribution in [0.1, 0.15) is 38.2 Å². The second-order valence-corrected chi connectivity index (χ2v) is 11.0. The van der Waals surface area contributed by atoms with E-state index in [1.807, 2.05) is 6.92 Å². The summed E-state index contributed by atoms with van der Waals surface area (Å²) in [6.07, 6.45) is -1.56. The van der Waals surface area contributed by atoms with E-state index in [-0.39, 0.29) is 52.3 Å². The van der Waals surface area contributed by atoms with E-state index in [0.29, 0.717) is 12.5 Å². The van der Waals surface area contributed by atoms with Crippen LogP contribution in [0.2, 0.25) is 0 Å². The van der Waals surface area contributed by atoms with Crippen LogP contribution in [0.3, 0.4) is 0 Å². The van der Waals surface area contributed by atoms with Crippen LogP contribution in [0.15, 0.2) is 27.6 Å². The van der Waals surface area contributed by atoms with Gasteiger partial charge in [0.05, 0.1) is 16.5 Å². The minimum absolute atomic E-state index is 0.0459. The van der Waals surface area contributed by atoms with Gasteiger partial charge in [0, 0.05) is 23.6 Å². The molecule has 2 fully saturated rings. The van der Waals surface area contributed by atoms with Crippen molar-refractivity contribution in [3.63, 3.8) is 0 Å². The molecular formula is C20H27BrF3N3O3S. The molecule has 0 unspecified atom stereocenters. The summed E-state index contributed by atoms with van der Waals surface area (Å²) >= 11 is 2.84. The molecule has 0 aromatic heterocycles. The van der Waals surface area contributed by atoms with Gasteiger partial charge in [-0.1, -0.05) is 29.3 Å². The van der Waals surface area contributed by atoms with Gasteiger partial charge in [-0.3, -0.25) is 4.79 Å². The van der Waals surface area contributed by atoms with Gasteiger partial charge in [0.2, 0.25) is 15.9 Å². The molecule has 0 bridgehead atoms. The number of halogens is 4. The van der Waals surface area contributed by atoms with Crippen molar-refractivity contribution in [3.05, 3.63) is 28.2 Å². The molecule has 2 N–H and O–H groups in total. The fourth-order valence-corrected chi connectivity index (χ4v) is 6.64. The lowest BCUT2D eigenvalue weighted by Crippen LogP contribution is -2.48. The van der Waals surface area contributed by atoms with Gasteiger partial charge in [0.1, 0.15) is 0 Å². The summed E-state index contributed by atoms with van der Waals surface area (Å²) in [5.41, 5.74) is -1.02. The second-order valence-electron chi connectivity index (χ2n) is 8.21. The average molecular weight is 526 g/mol. The lowest BCUT2D eigenvalue weighted by Gasteiger charge is -2.24. The first-order valence-electron chi connectivity index (χ1n) is 10.3. The lowest BCUT2D eigenvalue weighted by molar-refractivity contribution is -0.138. The minimum atomic E-state index is -4.66. The van der Waals surface area contributed by atoms with E-state index in [2.05, 4.69) is 26.6 Å². The molecule has 1 aromatic carbocycles. The molecular weight excluding hydrogens is 499 g/mol. The third-order valence-electron chi connectivity index (χ3n) is 6.27. The number of nitrogens with one attached hydrogen (secondary N) is 2. The van der Waals surface area contributed by atoms with E-state index >= 15 is 0 Å². The number of amides is 1. The van der Waals surface area contributed by atoms with Gasteiger partial charge in [-0.05, 0) is 56.3 Å². The van der Waals surface area contributed by atoms with Gasteiger partial charge in [0.15, 0.2) is 0 Å². The normalized spacial score (nSPS) is 25.4. The number of hydrogen-bond donors (Lipinski definition) is 2. The Morgan fingerprint density at radius 3 is 2.61 bits per heavy atom. The zero-order valence-electron chi connectivity index (χ0n) is 17.4. The molecule has 1 heterocycles. The highest BCUT2D eigenvalue weighted by Gasteiger charge is 2.47. The predicted molar refractivity (Wildman–Crippen MR) is 114 cm³/mol. The fraction of sp³-hybridized carbons (Fsp3) is 0.650. The number of likely N-dealkylation sites (N-methyl/N-ethyl adjacent to an activating group) is 1. The summed E-state index contributed by atoms with van der Waals surface area (Å²) in [6, 6.07) is 2.54. The van der Waals surface area contributed by atoms with E-state index in [9.17, 15) is 26.4 Å². The highest BCUT2D eigenvalue weighted by molar-refractivity contribution is 9.10. The van der Waals surface area contributed by atoms with Gasteiger partial charge in [-0.25, -0.2) is 8.42 Å². The number of alkyl halides is 3. The summed E-state index contributed by atoms with van der Waals surface area (Å²) in [5, 5.41) is 6.06. The van der Waals surface area contributed by atoms with Crippen LogP contribution in [-0.2, 0) is 21.0 Å². The molecule has 1 aliphatic carbocycles. The van der Waals surface area contributed by atoms with E-state index in [1.165, 1.54) is 10.4 Å². The van der Waals surface area contributed by atoms with Crippen LogP contribution in [0, 0.1) is 11.8 Å². The third-order valence-corrected chi connectivity index (χ3v) is 8.79. The molecule has 2 aliphatic rings. The predicted octanol–water partition coefficient (Wildman–Crippen LogP) is 3.37. The molecule has 1 saturated heterocycles. The number of carbonyl (C=O) groups excluding carboxylic acids is 1. The number of carbonyl (C=O) groups is 1. The van der Waals surface area contributed by atoms with Crippen molar-refractivity contribution in [2.24, 2.45) is 11.8 Å². The Kier molecular flexibility index (Phi) is 7.39. The Morgan fingerprint density at radius 2 is 2.00 bits per heavy atom. The number of fused-ring (bicyclic) bond motifs is 1. The maximum atomic E-state index is 13.2. The van der Waals surface area contributed by atoms with Gasteiger partial charge >= 0.3 is 6.18 Å². The molecule has 4 atom stereocenters. The van der Waals surface area contributed by atoms with Crippen molar-refractivity contribution in [2.45, 2.75) is 55.8 Å². The van der Waals surface area contributed by atoms with Gasteiger partial charge in [0.25, 0.3) is 0 Å². The molecule has 1 aromatic rings. The summed E-state index contributed by atoms with van der Waals surface area (Å²) < 4.78 is 66.9. The first-order valence-corrected chi connectivity index (χ1v) is 12.6. The zero-order valence-corrected chi connectivity index (χ0v) is 19.8. The smallest absolute Gasteiger partial charge is 0.352 e. The van der Waals surface area contributed by atoms with Crippen LogP contribution in [-0.4, -0.2) is 50.9 Å². The number of rotatable bonds is 7. The quantitative estimate of drug-likeness (QED) is 0.572. The van der Waals surface area contributed by atoms with E-state index in [4.69, 9.17) is 0 Å².